The van der Waals surface area contributed by atoms with Crippen molar-refractivity contribution in [3.63, 3.8) is 0 Å². The molecule has 1 saturated carbocycles. The maximum absolute atomic E-state index is 3.52. The first-order valence-corrected chi connectivity index (χ1v) is 7.23. The summed E-state index contributed by atoms with van der Waals surface area (Å²) in [6.07, 6.45) is 4.05. The summed E-state index contributed by atoms with van der Waals surface area (Å²) in [6.45, 7) is 2.39. The predicted molar refractivity (Wildman–Crippen MR) is 70.5 cm³/mol. The van der Waals surface area contributed by atoms with Crippen LogP contribution in [0.15, 0.2) is 15.9 Å². The van der Waals surface area contributed by atoms with Crippen molar-refractivity contribution in [1.29, 1.82) is 0 Å². The summed E-state index contributed by atoms with van der Waals surface area (Å²) in [6, 6.07) is 5.02. The monoisotopic (exact) mass is 287 g/mol. The SMILES string of the molecule is CNC(Cc1ccc(Br)s1)C(C)C1CC1. The molecule has 0 saturated heterocycles. The second-order valence-electron chi connectivity index (χ2n) is 4.50. The molecule has 1 aliphatic carbocycles. The molecule has 0 spiro atoms. The van der Waals surface area contributed by atoms with Gasteiger partial charge in [-0.05, 0) is 66.2 Å². The van der Waals surface area contributed by atoms with Gasteiger partial charge in [-0.1, -0.05) is 6.92 Å². The Morgan fingerprint density at radius 1 is 1.53 bits per heavy atom. The van der Waals surface area contributed by atoms with Crippen LogP contribution in [0.3, 0.4) is 0 Å². The normalized spacial score (nSPS) is 20.2. The second kappa shape index (κ2) is 4.98. The van der Waals surface area contributed by atoms with Crippen LogP contribution < -0.4 is 5.32 Å². The Morgan fingerprint density at radius 3 is 2.73 bits per heavy atom. The molecule has 1 N–H and O–H groups in total. The van der Waals surface area contributed by atoms with Crippen molar-refractivity contribution in [3.8, 4) is 0 Å². The quantitative estimate of drug-likeness (QED) is 0.871. The minimum absolute atomic E-state index is 0.642. The van der Waals surface area contributed by atoms with Crippen molar-refractivity contribution in [2.75, 3.05) is 7.05 Å². The first kappa shape index (κ1) is 11.6. The third-order valence-electron chi connectivity index (χ3n) is 3.42. The van der Waals surface area contributed by atoms with Crippen LogP contribution in [-0.2, 0) is 6.42 Å². The van der Waals surface area contributed by atoms with Crippen LogP contribution in [0.5, 0.6) is 0 Å². The molecular formula is C12H18BrNS. The van der Waals surface area contributed by atoms with Gasteiger partial charge in [-0.3, -0.25) is 0 Å². The summed E-state index contributed by atoms with van der Waals surface area (Å²) in [5.41, 5.74) is 0. The average molecular weight is 288 g/mol. The summed E-state index contributed by atoms with van der Waals surface area (Å²) in [5, 5.41) is 3.47. The molecule has 1 aromatic heterocycles. The summed E-state index contributed by atoms with van der Waals surface area (Å²) in [7, 11) is 2.09. The molecule has 0 amide bonds. The van der Waals surface area contributed by atoms with E-state index in [0.29, 0.717) is 6.04 Å². The van der Waals surface area contributed by atoms with Gasteiger partial charge in [-0.2, -0.15) is 0 Å². The maximum atomic E-state index is 3.52. The van der Waals surface area contributed by atoms with E-state index in [9.17, 15) is 0 Å². The Kier molecular flexibility index (Phi) is 3.86. The molecule has 0 radical (unpaired) electrons. The van der Waals surface area contributed by atoms with E-state index in [1.807, 2.05) is 11.3 Å². The first-order chi connectivity index (χ1) is 7.20. The van der Waals surface area contributed by atoms with E-state index in [1.165, 1.54) is 27.9 Å². The largest absolute Gasteiger partial charge is 0.316 e. The van der Waals surface area contributed by atoms with E-state index in [2.05, 4.69) is 47.4 Å². The number of halogens is 1. The van der Waals surface area contributed by atoms with Gasteiger partial charge in [0, 0.05) is 10.9 Å². The van der Waals surface area contributed by atoms with Crippen molar-refractivity contribution in [1.82, 2.24) is 5.32 Å². The predicted octanol–water partition coefficient (Wildman–Crippen LogP) is 3.69. The van der Waals surface area contributed by atoms with Crippen LogP contribution in [0, 0.1) is 11.8 Å². The highest BCUT2D eigenvalue weighted by Gasteiger charge is 2.32. The third kappa shape index (κ3) is 3.05. The molecule has 0 aromatic carbocycles. The minimum Gasteiger partial charge on any atom is -0.316 e. The molecular weight excluding hydrogens is 270 g/mol. The van der Waals surface area contributed by atoms with Gasteiger partial charge < -0.3 is 5.32 Å². The van der Waals surface area contributed by atoms with Crippen LogP contribution in [0.2, 0.25) is 0 Å². The van der Waals surface area contributed by atoms with Crippen molar-refractivity contribution in [3.05, 3.63) is 20.8 Å². The van der Waals surface area contributed by atoms with Crippen molar-refractivity contribution >= 4 is 27.3 Å². The topological polar surface area (TPSA) is 12.0 Å². The van der Waals surface area contributed by atoms with Gasteiger partial charge in [-0.15, -0.1) is 11.3 Å². The van der Waals surface area contributed by atoms with Crippen LogP contribution >= 0.6 is 27.3 Å². The van der Waals surface area contributed by atoms with Crippen molar-refractivity contribution in [2.24, 2.45) is 11.8 Å². The Balaban J connectivity index is 1.95. The lowest BCUT2D eigenvalue weighted by Crippen LogP contribution is -2.34. The molecule has 0 bridgehead atoms. The van der Waals surface area contributed by atoms with Gasteiger partial charge in [0.05, 0.1) is 3.79 Å². The maximum Gasteiger partial charge on any atom is 0.0701 e. The number of hydrogen-bond acceptors (Lipinski definition) is 2. The van der Waals surface area contributed by atoms with Crippen LogP contribution in [-0.4, -0.2) is 13.1 Å². The molecule has 2 atom stereocenters. The van der Waals surface area contributed by atoms with Gasteiger partial charge in [0.1, 0.15) is 0 Å². The zero-order chi connectivity index (χ0) is 10.8. The smallest absolute Gasteiger partial charge is 0.0701 e. The molecule has 3 heteroatoms. The fraction of sp³-hybridized carbons (Fsp3) is 0.667. The number of thiophene rings is 1. The Labute approximate surface area is 104 Å². The zero-order valence-corrected chi connectivity index (χ0v) is 11.7. The van der Waals surface area contributed by atoms with E-state index in [1.54, 1.807) is 0 Å². The van der Waals surface area contributed by atoms with E-state index in [0.717, 1.165) is 11.8 Å². The minimum atomic E-state index is 0.642. The van der Waals surface area contributed by atoms with E-state index >= 15 is 0 Å². The Morgan fingerprint density at radius 2 is 2.27 bits per heavy atom. The molecule has 0 aliphatic heterocycles. The highest BCUT2D eigenvalue weighted by atomic mass is 79.9. The summed E-state index contributed by atoms with van der Waals surface area (Å²) in [5.74, 6) is 1.79. The van der Waals surface area contributed by atoms with Crippen LogP contribution in [0.1, 0.15) is 24.6 Å². The van der Waals surface area contributed by atoms with E-state index in [4.69, 9.17) is 0 Å². The highest BCUT2D eigenvalue weighted by Crippen LogP contribution is 2.39. The molecule has 1 aromatic rings. The molecule has 1 heterocycles. The lowest BCUT2D eigenvalue weighted by Gasteiger charge is -2.22. The second-order valence-corrected chi connectivity index (χ2v) is 7.05. The fourth-order valence-electron chi connectivity index (χ4n) is 2.18. The molecule has 2 unspecified atom stereocenters. The van der Waals surface area contributed by atoms with Crippen molar-refractivity contribution < 1.29 is 0 Å². The number of nitrogens with one attached hydrogen (secondary N) is 1. The van der Waals surface area contributed by atoms with E-state index in [-0.39, 0.29) is 0 Å². The van der Waals surface area contributed by atoms with Gasteiger partial charge >= 0.3 is 0 Å². The fourth-order valence-corrected chi connectivity index (χ4v) is 3.72. The lowest BCUT2D eigenvalue weighted by atomic mass is 9.94. The number of rotatable bonds is 5. The van der Waals surface area contributed by atoms with Crippen LogP contribution in [0.25, 0.3) is 0 Å². The Hall–Kier alpha value is 0.140. The molecule has 2 rings (SSSR count). The average Bonchev–Trinajstić information content (AvgIpc) is 2.99. The summed E-state index contributed by atoms with van der Waals surface area (Å²) < 4.78 is 1.24. The summed E-state index contributed by atoms with van der Waals surface area (Å²) >= 11 is 5.38. The molecule has 84 valence electrons. The number of likely N-dealkylation sites (N-methyl/N-ethyl adjacent to an activating group) is 1. The molecule has 1 nitrogen and oxygen atoms in total. The number of hydrogen-bond donors (Lipinski definition) is 1. The molecule has 1 aliphatic rings. The van der Waals surface area contributed by atoms with Gasteiger partial charge in [0.15, 0.2) is 0 Å². The Bertz CT molecular complexity index is 319. The third-order valence-corrected chi connectivity index (χ3v) is 5.07. The zero-order valence-electron chi connectivity index (χ0n) is 9.29. The van der Waals surface area contributed by atoms with Crippen LogP contribution in [0.4, 0.5) is 0 Å². The first-order valence-electron chi connectivity index (χ1n) is 5.62. The standard InChI is InChI=1S/C12H18BrNS/c1-8(9-3-4-9)11(14-2)7-10-5-6-12(13)15-10/h5-6,8-9,11,14H,3-4,7H2,1-2H3. The van der Waals surface area contributed by atoms with E-state index < -0.39 is 0 Å². The van der Waals surface area contributed by atoms with Gasteiger partial charge in [0.2, 0.25) is 0 Å². The molecule has 15 heavy (non-hydrogen) atoms. The summed E-state index contributed by atoms with van der Waals surface area (Å²) in [4.78, 5) is 1.48. The van der Waals surface area contributed by atoms with Crippen molar-refractivity contribution in [2.45, 2.75) is 32.2 Å². The van der Waals surface area contributed by atoms with Gasteiger partial charge in [-0.25, -0.2) is 0 Å². The lowest BCUT2D eigenvalue weighted by molar-refractivity contribution is 0.359. The highest BCUT2D eigenvalue weighted by molar-refractivity contribution is 9.11. The molecule has 1 fully saturated rings. The van der Waals surface area contributed by atoms with Gasteiger partial charge in [0.25, 0.3) is 0 Å².